The molecule has 105 heavy (non-hydrogen) atoms. The SMILES string of the molecule is O=[N+]([O-])[O-].O=[N+]([O-])[O-].O=[N+]([O-])[O-].O=[N+]([O-])[O-].O=[N+]([O-])[O-].O=[N+]([O-])[O-].O=[N+]([O-])[O-].O=[N+]([O-])[O-].O=[N+]([O-])[O-].O=[N+]([O-])[O-].O=[N+]([O-])[O-].O=[N+]([O-])[O-].O=[N+]([O-])[O-].O=[N+]([O-])[O-].O=[N+]([O-])[O-].O=[N+]([O-])[O-].O=[N+]([O-])[O-].O=[N+]([O-])[O-].O=[N+]([O-])[O-].O=[N+]([O-])[O-].O=[N+]([O-])[O-].[Fe+3].[Fe+3].[Fe+3].[Fe+3].[Fe+3].[Fe+3].[Fe+3].[Fe+3].[Fe+3].[Fe+3].[Fe+3].[Fe+3].[Fe+3].[Fe+3].[Fe+3].[Fe+3].[Fe+3].[Fe+3].[Fe+3].[Fe+3].[Fe+3]. The number of rotatable bonds is 0. The summed E-state index contributed by atoms with van der Waals surface area (Å²) in [5.41, 5.74) is 0. The molecule has 0 aromatic rings. The molecule has 21 radical (unpaired) electrons. The van der Waals surface area contributed by atoms with Gasteiger partial charge in [0.2, 0.25) is 0 Å². The maximum atomic E-state index is 8.25. The smallest absolute Gasteiger partial charge is 0.356 e. The van der Waals surface area contributed by atoms with Crippen LogP contribution >= 0.6 is 0 Å². The standard InChI is InChI=1S/21Fe.21NO3/c;;;;;;;;;;;;;;;;;;;;;21*2-1(3)4/q21*+3;21*-1. The van der Waals surface area contributed by atoms with E-state index >= 15 is 0 Å². The van der Waals surface area contributed by atoms with Crippen LogP contribution in [0, 0.1) is 322 Å². The normalized spacial score (nSPS) is 4.80. The minimum absolute atomic E-state index is 0. The van der Waals surface area contributed by atoms with Gasteiger partial charge < -0.3 is 322 Å². The Morgan fingerprint density at radius 3 is 0.0667 bits per heavy atom. The topological polar surface area (TPSA) is 1390 Å². The molecule has 84 nitrogen and oxygen atoms in total. The van der Waals surface area contributed by atoms with Crippen molar-refractivity contribution in [3.63, 3.8) is 0 Å². The molecule has 0 amide bonds. The molecule has 0 aliphatic rings. The molecule has 0 saturated heterocycles. The van der Waals surface area contributed by atoms with E-state index in [0.717, 1.165) is 0 Å². The van der Waals surface area contributed by atoms with Crippen LogP contribution in [0.1, 0.15) is 0 Å². The Morgan fingerprint density at radius 1 is 0.0667 bits per heavy atom. The summed E-state index contributed by atoms with van der Waals surface area (Å²) in [4.78, 5) is 173. The Hall–Kier alpha value is -5.89. The Morgan fingerprint density at radius 2 is 0.0667 bits per heavy atom. The third kappa shape index (κ3) is 26100. The fourth-order valence-corrected chi connectivity index (χ4v) is 0. The van der Waals surface area contributed by atoms with Crippen LogP contribution in [0.4, 0.5) is 0 Å². The summed E-state index contributed by atoms with van der Waals surface area (Å²) < 4.78 is 0. The van der Waals surface area contributed by atoms with E-state index in [9.17, 15) is 0 Å². The van der Waals surface area contributed by atoms with Gasteiger partial charge in [-0.3, -0.25) is 0 Å². The van der Waals surface area contributed by atoms with Gasteiger partial charge in [0.25, 0.3) is 0 Å². The molecule has 0 aliphatic carbocycles. The van der Waals surface area contributed by atoms with Crippen molar-refractivity contribution >= 4 is 0 Å². The molecule has 0 atom stereocenters. The first-order valence-electron chi connectivity index (χ1n) is 11.5. The Kier molecular flexibility index (Phi) is 790. The van der Waals surface area contributed by atoms with Crippen LogP contribution in [-0.4, -0.2) is 107 Å². The van der Waals surface area contributed by atoms with E-state index in [1.54, 1.807) is 0 Å². The van der Waals surface area contributed by atoms with E-state index in [4.69, 9.17) is 322 Å². The average Bonchev–Trinajstić information content (AvgIpc) is 3.03. The van der Waals surface area contributed by atoms with Crippen molar-refractivity contribution < 1.29 is 465 Å². The molecule has 0 saturated carbocycles. The molecular formula is Fe21N21O63+42. The number of hydrogen-bond acceptors (Lipinski definition) is 63. The van der Waals surface area contributed by atoms with Crippen LogP contribution in [-0.2, 0) is 358 Å². The first kappa shape index (κ1) is 292. The predicted octanol–water partition coefficient (Wildman–Crippen LogP) is -5.07. The molecule has 0 unspecified atom stereocenters. The largest absolute Gasteiger partial charge is 3.00 e. The molecule has 0 aliphatic heterocycles. The van der Waals surface area contributed by atoms with Gasteiger partial charge in [-0.25, -0.2) is 0 Å². The summed E-state index contributed by atoms with van der Waals surface area (Å²) in [5, 5.41) is 310. The summed E-state index contributed by atoms with van der Waals surface area (Å²) in [5.74, 6) is 0. The monoisotopic (exact) mass is 2480 g/mol. The van der Waals surface area contributed by atoms with Crippen LogP contribution < -0.4 is 0 Å². The van der Waals surface area contributed by atoms with Gasteiger partial charge >= 0.3 is 358 Å². The minimum Gasteiger partial charge on any atom is -0.356 e. The van der Waals surface area contributed by atoms with Crippen molar-refractivity contribution in [2.24, 2.45) is 0 Å². The van der Waals surface area contributed by atoms with Gasteiger partial charge in [-0.1, -0.05) is 0 Å². The maximum absolute atomic E-state index is 8.25. The predicted molar refractivity (Wildman–Crippen MR) is 218 cm³/mol. The van der Waals surface area contributed by atoms with Crippen LogP contribution in [0.3, 0.4) is 0 Å². The summed E-state index contributed by atoms with van der Waals surface area (Å²) in [6.45, 7) is 0. The molecule has 0 fully saturated rings. The van der Waals surface area contributed by atoms with Crippen LogP contribution in [0.2, 0.25) is 0 Å². The Labute approximate surface area is 778 Å². The van der Waals surface area contributed by atoms with Crippen LogP contribution in [0.25, 0.3) is 0 Å². The van der Waals surface area contributed by atoms with Crippen molar-refractivity contribution in [2.45, 2.75) is 0 Å². The van der Waals surface area contributed by atoms with Crippen molar-refractivity contribution in [2.75, 3.05) is 0 Å². The van der Waals surface area contributed by atoms with Crippen LogP contribution in [0.15, 0.2) is 0 Å². The average molecular weight is 2470 g/mol. The minimum atomic E-state index is -1.75. The molecule has 0 rings (SSSR count). The zero-order valence-corrected chi connectivity index (χ0v) is 65.7. The second-order valence-corrected chi connectivity index (χ2v) is 4.70. The first-order chi connectivity index (χ1) is 36.4. The van der Waals surface area contributed by atoms with Gasteiger partial charge in [-0.15, -0.1) is 0 Å². The van der Waals surface area contributed by atoms with Gasteiger partial charge in [-0.2, -0.15) is 0 Å². The van der Waals surface area contributed by atoms with Gasteiger partial charge in [0.1, 0.15) is 0 Å². The van der Waals surface area contributed by atoms with E-state index in [-0.39, 0.29) is 358 Å². The van der Waals surface area contributed by atoms with Crippen LogP contribution in [0.5, 0.6) is 0 Å². The number of nitrogens with zero attached hydrogens (tertiary/aromatic N) is 21. The summed E-state index contributed by atoms with van der Waals surface area (Å²) in [6, 6.07) is 0. The fourth-order valence-electron chi connectivity index (χ4n) is 0. The van der Waals surface area contributed by atoms with E-state index in [2.05, 4.69) is 0 Å². The second-order valence-electron chi connectivity index (χ2n) is 4.70. The van der Waals surface area contributed by atoms with E-state index < -0.39 is 107 Å². The first-order valence-corrected chi connectivity index (χ1v) is 11.5. The third-order valence-electron chi connectivity index (χ3n) is 0. The molecule has 0 aromatic carbocycles. The van der Waals surface area contributed by atoms with Gasteiger partial charge in [0.15, 0.2) is 0 Å². The van der Waals surface area contributed by atoms with Crippen molar-refractivity contribution in [1.82, 2.24) is 0 Å². The summed E-state index contributed by atoms with van der Waals surface area (Å²) in [7, 11) is 0. The molecule has 0 aromatic heterocycles. The zero-order chi connectivity index (χ0) is 75.1. The quantitative estimate of drug-likeness (QED) is 0.124. The maximum Gasteiger partial charge on any atom is 3.00 e. The van der Waals surface area contributed by atoms with Crippen molar-refractivity contribution in [3.05, 3.63) is 322 Å². The van der Waals surface area contributed by atoms with E-state index in [0.29, 0.717) is 0 Å². The second kappa shape index (κ2) is 284. The van der Waals surface area contributed by atoms with Crippen molar-refractivity contribution in [1.29, 1.82) is 0 Å². The van der Waals surface area contributed by atoms with Gasteiger partial charge in [-0.05, 0) is 0 Å². The third-order valence-corrected chi connectivity index (χ3v) is 0. The molecule has 609 valence electrons. The molecule has 0 N–H and O–H groups in total. The van der Waals surface area contributed by atoms with Gasteiger partial charge in [0, 0.05) is 0 Å². The van der Waals surface area contributed by atoms with E-state index in [1.165, 1.54) is 0 Å². The Bertz CT molecular complexity index is 1180. The van der Waals surface area contributed by atoms with Gasteiger partial charge in [0.05, 0.1) is 107 Å². The molecule has 0 spiro atoms. The van der Waals surface area contributed by atoms with E-state index in [1.807, 2.05) is 0 Å². The molecule has 0 heterocycles. The molecule has 105 heteroatoms. The van der Waals surface area contributed by atoms with Crippen molar-refractivity contribution in [3.8, 4) is 0 Å². The molecular weight excluding hydrogens is 2470 g/mol. The summed E-state index contributed by atoms with van der Waals surface area (Å²) in [6.07, 6.45) is 0. The Balaban J connectivity index is -0.00000000982. The number of hydrogen-bond donors (Lipinski definition) is 0. The fraction of sp³-hybridized carbons (Fsp3) is 0. The summed E-state index contributed by atoms with van der Waals surface area (Å²) >= 11 is 0. The zero-order valence-electron chi connectivity index (χ0n) is 42.5. The molecule has 0 bridgehead atoms.